The fourth-order valence-corrected chi connectivity index (χ4v) is 5.06. The van der Waals surface area contributed by atoms with E-state index in [-0.39, 0.29) is 23.3 Å². The van der Waals surface area contributed by atoms with Gasteiger partial charge in [-0.3, -0.25) is 9.79 Å². The Kier molecular flexibility index (Phi) is 7.47. The van der Waals surface area contributed by atoms with Crippen LogP contribution in [0.4, 0.5) is 4.39 Å². The second-order valence-corrected chi connectivity index (χ2v) is 8.81. The number of aliphatic imine (C=N–C) groups is 1. The van der Waals surface area contributed by atoms with E-state index in [4.69, 9.17) is 0 Å². The lowest BCUT2D eigenvalue weighted by Gasteiger charge is -2.29. The van der Waals surface area contributed by atoms with Crippen LogP contribution in [-0.4, -0.2) is 38.9 Å². The van der Waals surface area contributed by atoms with Crippen molar-refractivity contribution in [2.45, 2.75) is 48.3 Å². The van der Waals surface area contributed by atoms with Gasteiger partial charge in [0, 0.05) is 19.3 Å². The van der Waals surface area contributed by atoms with Crippen molar-refractivity contribution in [3.05, 3.63) is 54.4 Å². The molecule has 0 unspecified atom stereocenters. The van der Waals surface area contributed by atoms with Crippen LogP contribution in [0.5, 0.6) is 0 Å². The Morgan fingerprint density at radius 3 is 2.44 bits per heavy atom. The third kappa shape index (κ3) is 5.85. The van der Waals surface area contributed by atoms with Crippen molar-refractivity contribution in [2.24, 2.45) is 4.99 Å². The summed E-state index contributed by atoms with van der Waals surface area (Å²) in [5.41, 5.74) is 0.762. The number of nitrogens with one attached hydrogen (secondary N) is 1. The Morgan fingerprint density at radius 2 is 1.89 bits per heavy atom. The van der Waals surface area contributed by atoms with Gasteiger partial charge in [-0.25, -0.2) is 12.8 Å². The predicted octanol–water partition coefficient (Wildman–Crippen LogP) is 3.23. The van der Waals surface area contributed by atoms with Crippen molar-refractivity contribution in [1.82, 2.24) is 5.32 Å². The number of amides is 1. The number of hydrogen-bond donors (Lipinski definition) is 1. The Morgan fingerprint density at radius 1 is 1.26 bits per heavy atom. The molecule has 7 heteroatoms. The number of sulfone groups is 1. The Balaban J connectivity index is 1.91. The number of carbonyl (C=O) groups excluding carboxylic acids is 1. The molecular weight excluding hydrogens is 367 g/mol. The number of nitrogens with zero attached hydrogens (tertiary/aromatic N) is 1. The summed E-state index contributed by atoms with van der Waals surface area (Å²) in [6, 6.07) is 4.89. The molecule has 5 nitrogen and oxygen atoms in total. The first kappa shape index (κ1) is 21.0. The van der Waals surface area contributed by atoms with Gasteiger partial charge in [0.05, 0.1) is 16.6 Å². The predicted molar refractivity (Wildman–Crippen MR) is 105 cm³/mol. The molecule has 0 atom stereocenters. The SMILES string of the molecule is C=C/C=C(\C=NC)CC(=O)NC1CCC(S(=O)(=O)c2ccc(F)cc2)CC1. The van der Waals surface area contributed by atoms with E-state index < -0.39 is 20.9 Å². The Labute approximate surface area is 160 Å². The molecule has 0 heterocycles. The van der Waals surface area contributed by atoms with E-state index in [0.717, 1.165) is 17.7 Å². The maximum Gasteiger partial charge on any atom is 0.224 e. The molecule has 1 N–H and O–H groups in total. The molecule has 1 aliphatic carbocycles. The molecular formula is C20H25FN2O3S. The van der Waals surface area contributed by atoms with Crippen molar-refractivity contribution in [2.75, 3.05) is 7.05 Å². The summed E-state index contributed by atoms with van der Waals surface area (Å²) in [4.78, 5) is 16.3. The normalized spacial score (nSPS) is 21.2. The minimum atomic E-state index is -3.48. The van der Waals surface area contributed by atoms with Gasteiger partial charge in [0.2, 0.25) is 5.91 Å². The highest BCUT2D eigenvalue weighted by Crippen LogP contribution is 2.29. The molecule has 146 valence electrons. The first-order valence-corrected chi connectivity index (χ1v) is 10.4. The largest absolute Gasteiger partial charge is 0.353 e. The third-order valence-corrected chi connectivity index (χ3v) is 6.89. The summed E-state index contributed by atoms with van der Waals surface area (Å²) < 4.78 is 38.4. The van der Waals surface area contributed by atoms with Crippen LogP contribution in [0.1, 0.15) is 32.1 Å². The van der Waals surface area contributed by atoms with Crippen LogP contribution in [0, 0.1) is 5.82 Å². The molecule has 0 radical (unpaired) electrons. The molecule has 1 amide bonds. The van der Waals surface area contributed by atoms with Crippen LogP contribution in [0.3, 0.4) is 0 Å². The average Bonchev–Trinajstić information content (AvgIpc) is 2.63. The first-order valence-electron chi connectivity index (χ1n) is 8.89. The lowest BCUT2D eigenvalue weighted by Crippen LogP contribution is -2.40. The molecule has 1 saturated carbocycles. The molecule has 1 aromatic rings. The topological polar surface area (TPSA) is 75.6 Å². The summed E-state index contributed by atoms with van der Waals surface area (Å²) in [7, 11) is -1.84. The van der Waals surface area contributed by atoms with Gasteiger partial charge in [-0.2, -0.15) is 0 Å². The van der Waals surface area contributed by atoms with Gasteiger partial charge in [0.15, 0.2) is 9.84 Å². The Bertz CT molecular complexity index is 821. The van der Waals surface area contributed by atoms with Gasteiger partial charge < -0.3 is 5.32 Å². The van der Waals surface area contributed by atoms with Crippen molar-refractivity contribution in [3.63, 3.8) is 0 Å². The summed E-state index contributed by atoms with van der Waals surface area (Å²) in [5.74, 6) is -0.578. The van der Waals surface area contributed by atoms with Crippen LogP contribution in [0.15, 0.2) is 58.5 Å². The summed E-state index contributed by atoms with van der Waals surface area (Å²) in [6.45, 7) is 3.62. The quantitative estimate of drug-likeness (QED) is 0.440. The molecule has 0 aliphatic heterocycles. The van der Waals surface area contributed by atoms with Gasteiger partial charge in [-0.15, -0.1) is 0 Å². The van der Waals surface area contributed by atoms with Crippen molar-refractivity contribution >= 4 is 22.0 Å². The molecule has 0 saturated heterocycles. The van der Waals surface area contributed by atoms with Gasteiger partial charge in [0.25, 0.3) is 0 Å². The van der Waals surface area contributed by atoms with E-state index in [1.54, 1.807) is 25.4 Å². The number of benzene rings is 1. The highest BCUT2D eigenvalue weighted by atomic mass is 32.2. The van der Waals surface area contributed by atoms with E-state index in [1.165, 1.54) is 12.1 Å². The molecule has 1 aliphatic rings. The van der Waals surface area contributed by atoms with Gasteiger partial charge in [0.1, 0.15) is 5.82 Å². The van der Waals surface area contributed by atoms with Crippen LogP contribution in [0.2, 0.25) is 0 Å². The smallest absolute Gasteiger partial charge is 0.224 e. The molecule has 1 aromatic carbocycles. The fraction of sp³-hybridized carbons (Fsp3) is 0.400. The van der Waals surface area contributed by atoms with Crippen LogP contribution in [0.25, 0.3) is 0 Å². The van der Waals surface area contributed by atoms with Crippen LogP contribution >= 0.6 is 0 Å². The maximum atomic E-state index is 13.0. The lowest BCUT2D eigenvalue weighted by atomic mass is 9.94. The number of halogens is 1. The zero-order chi connectivity index (χ0) is 19.9. The zero-order valence-electron chi connectivity index (χ0n) is 15.4. The average molecular weight is 392 g/mol. The first-order chi connectivity index (χ1) is 12.9. The standard InChI is InChI=1S/C20H25FN2O3S/c1-3-4-15(14-22-2)13-20(24)23-17-7-11-19(12-8-17)27(25,26)18-9-5-16(21)6-10-18/h3-6,9-10,14,17,19H,1,7-8,11-13H2,2H3,(H,23,24)/b15-4-,22-14?. The fourth-order valence-electron chi connectivity index (χ4n) is 3.26. The zero-order valence-corrected chi connectivity index (χ0v) is 16.2. The van der Waals surface area contributed by atoms with Crippen molar-refractivity contribution in [1.29, 1.82) is 0 Å². The molecule has 2 rings (SSSR count). The van der Waals surface area contributed by atoms with E-state index >= 15 is 0 Å². The van der Waals surface area contributed by atoms with E-state index in [0.29, 0.717) is 25.7 Å². The number of rotatable bonds is 7. The maximum absolute atomic E-state index is 13.0. The van der Waals surface area contributed by atoms with Gasteiger partial charge >= 0.3 is 0 Å². The third-order valence-electron chi connectivity index (χ3n) is 4.61. The van der Waals surface area contributed by atoms with Gasteiger partial charge in [-0.05, 0) is 55.5 Å². The monoisotopic (exact) mass is 392 g/mol. The van der Waals surface area contributed by atoms with Crippen LogP contribution < -0.4 is 5.32 Å². The van der Waals surface area contributed by atoms with Crippen molar-refractivity contribution in [3.8, 4) is 0 Å². The van der Waals surface area contributed by atoms with Crippen LogP contribution in [-0.2, 0) is 14.6 Å². The van der Waals surface area contributed by atoms with E-state index in [9.17, 15) is 17.6 Å². The molecule has 0 bridgehead atoms. The van der Waals surface area contributed by atoms with E-state index in [1.807, 2.05) is 0 Å². The lowest BCUT2D eigenvalue weighted by molar-refractivity contribution is -0.121. The molecule has 1 fully saturated rings. The van der Waals surface area contributed by atoms with Gasteiger partial charge in [-0.1, -0.05) is 18.7 Å². The second kappa shape index (κ2) is 9.60. The molecule has 0 aromatic heterocycles. The highest BCUT2D eigenvalue weighted by molar-refractivity contribution is 7.92. The molecule has 27 heavy (non-hydrogen) atoms. The number of allylic oxidation sites excluding steroid dienone is 2. The minimum absolute atomic E-state index is 0.0410. The minimum Gasteiger partial charge on any atom is -0.353 e. The summed E-state index contributed by atoms with van der Waals surface area (Å²) in [6.07, 6.45) is 7.30. The Hall–Kier alpha value is -2.28. The number of carbonyl (C=O) groups is 1. The summed E-state index contributed by atoms with van der Waals surface area (Å²) >= 11 is 0. The summed E-state index contributed by atoms with van der Waals surface area (Å²) in [5, 5.41) is 2.46. The van der Waals surface area contributed by atoms with Crippen molar-refractivity contribution < 1.29 is 17.6 Å². The highest BCUT2D eigenvalue weighted by Gasteiger charge is 2.32. The van der Waals surface area contributed by atoms with E-state index in [2.05, 4.69) is 16.9 Å². The number of hydrogen-bond acceptors (Lipinski definition) is 4. The second-order valence-electron chi connectivity index (χ2n) is 6.58. The molecule has 0 spiro atoms.